The van der Waals surface area contributed by atoms with Crippen molar-refractivity contribution < 1.29 is 0 Å². The van der Waals surface area contributed by atoms with E-state index in [0.717, 1.165) is 12.8 Å². The minimum Gasteiger partial charge on any atom is -0.0625 e. The second kappa shape index (κ2) is 14.4. The Bertz CT molecular complexity index is 959. The molecule has 2 rings (SSSR count). The van der Waals surface area contributed by atoms with E-state index < -0.39 is 0 Å². The molecule has 2 aromatic carbocycles. The maximum atomic E-state index is 2.53. The van der Waals surface area contributed by atoms with Gasteiger partial charge in [0.1, 0.15) is 0 Å². The average molecular weight is 533 g/mol. The zero-order chi connectivity index (χ0) is 29.7. The summed E-state index contributed by atoms with van der Waals surface area (Å²) in [5.74, 6) is 3.94. The van der Waals surface area contributed by atoms with Gasteiger partial charge in [0.25, 0.3) is 0 Å². The molecule has 39 heavy (non-hydrogen) atoms. The first-order valence-corrected chi connectivity index (χ1v) is 16.3. The van der Waals surface area contributed by atoms with E-state index in [2.05, 4.69) is 121 Å². The fraction of sp³-hybridized carbons (Fsp3) is 0.692. The highest BCUT2D eigenvalue weighted by molar-refractivity contribution is 5.54. The van der Waals surface area contributed by atoms with Crippen molar-refractivity contribution in [2.75, 3.05) is 0 Å². The van der Waals surface area contributed by atoms with Gasteiger partial charge in [-0.1, -0.05) is 121 Å². The third-order valence-corrected chi connectivity index (χ3v) is 8.11. The van der Waals surface area contributed by atoms with Crippen molar-refractivity contribution in [3.05, 3.63) is 68.8 Å². The lowest BCUT2D eigenvalue weighted by Gasteiger charge is -2.35. The highest BCUT2D eigenvalue weighted by atomic mass is 14.4. The summed E-state index contributed by atoms with van der Waals surface area (Å²) < 4.78 is 0. The van der Waals surface area contributed by atoms with Crippen molar-refractivity contribution in [3.63, 3.8) is 0 Å². The molecule has 0 saturated heterocycles. The van der Waals surface area contributed by atoms with E-state index in [0.29, 0.717) is 35.5 Å². The van der Waals surface area contributed by atoms with Crippen LogP contribution in [0.5, 0.6) is 0 Å². The van der Waals surface area contributed by atoms with Crippen molar-refractivity contribution in [1.82, 2.24) is 0 Å². The van der Waals surface area contributed by atoms with Crippen LogP contribution in [0.2, 0.25) is 0 Å². The first-order valence-electron chi connectivity index (χ1n) is 16.3. The smallest absolute Gasteiger partial charge is 0.0152 e. The van der Waals surface area contributed by atoms with Crippen LogP contribution < -0.4 is 0 Å². The number of hydrogen-bond acceptors (Lipinski definition) is 0. The largest absolute Gasteiger partial charge is 0.0625 e. The summed E-state index contributed by atoms with van der Waals surface area (Å²) in [7, 11) is 0. The lowest BCUT2D eigenvalue weighted by molar-refractivity contribution is 0.556. The maximum absolute atomic E-state index is 2.53. The van der Waals surface area contributed by atoms with Crippen LogP contribution in [-0.2, 0) is 43.9 Å². The van der Waals surface area contributed by atoms with E-state index in [1.165, 1.54) is 25.7 Å². The molecule has 0 fully saturated rings. The molecule has 0 aromatic heterocycles. The van der Waals surface area contributed by atoms with Crippen LogP contribution in [-0.4, -0.2) is 0 Å². The predicted molar refractivity (Wildman–Crippen MR) is 176 cm³/mol. The average Bonchev–Trinajstić information content (AvgIpc) is 2.76. The minimum atomic E-state index is -0.0430. The Balaban J connectivity index is 2.92. The Labute approximate surface area is 244 Å². The van der Waals surface area contributed by atoms with Crippen molar-refractivity contribution in [2.24, 2.45) is 35.5 Å². The first kappa shape index (κ1) is 33.6. The summed E-state index contributed by atoms with van der Waals surface area (Å²) >= 11 is 0. The molecule has 0 aliphatic rings. The van der Waals surface area contributed by atoms with Crippen molar-refractivity contribution in [1.29, 1.82) is 0 Å². The van der Waals surface area contributed by atoms with Crippen LogP contribution in [0.3, 0.4) is 0 Å². The molecular formula is C39H64. The number of rotatable bonds is 14. The third kappa shape index (κ3) is 9.23. The maximum Gasteiger partial charge on any atom is 0.0152 e. The van der Waals surface area contributed by atoms with Gasteiger partial charge in [-0.05, 0) is 119 Å². The van der Waals surface area contributed by atoms with Crippen molar-refractivity contribution in [3.8, 4) is 0 Å². The van der Waals surface area contributed by atoms with E-state index in [1.54, 1.807) is 44.5 Å². The van der Waals surface area contributed by atoms with E-state index in [-0.39, 0.29) is 5.41 Å². The van der Waals surface area contributed by atoms with Gasteiger partial charge >= 0.3 is 0 Å². The Morgan fingerprint density at radius 3 is 0.897 bits per heavy atom. The zero-order valence-electron chi connectivity index (χ0n) is 28.5. The van der Waals surface area contributed by atoms with E-state index >= 15 is 0 Å². The van der Waals surface area contributed by atoms with Crippen LogP contribution >= 0.6 is 0 Å². The summed E-state index contributed by atoms with van der Waals surface area (Å²) in [6.07, 6.45) is 7.04. The normalized spacial score (nSPS) is 12.8. The molecule has 0 radical (unpaired) electrons. The monoisotopic (exact) mass is 533 g/mol. The summed E-state index contributed by atoms with van der Waals surface area (Å²) in [4.78, 5) is 0. The zero-order valence-corrected chi connectivity index (χ0v) is 28.5. The summed E-state index contributed by atoms with van der Waals surface area (Å²) in [6.45, 7) is 33.7. The third-order valence-electron chi connectivity index (χ3n) is 8.11. The molecule has 0 amide bonds. The van der Waals surface area contributed by atoms with Gasteiger partial charge < -0.3 is 0 Å². The lowest BCUT2D eigenvalue weighted by Crippen LogP contribution is -2.27. The van der Waals surface area contributed by atoms with E-state index in [9.17, 15) is 0 Å². The molecule has 0 saturated carbocycles. The van der Waals surface area contributed by atoms with Gasteiger partial charge in [-0.15, -0.1) is 0 Å². The Morgan fingerprint density at radius 2 is 0.641 bits per heavy atom. The van der Waals surface area contributed by atoms with Crippen LogP contribution in [0.4, 0.5) is 0 Å². The summed E-state index contributed by atoms with van der Waals surface area (Å²) in [5.41, 5.74) is 12.9. The van der Waals surface area contributed by atoms with Crippen LogP contribution in [0.15, 0.2) is 24.3 Å². The minimum absolute atomic E-state index is 0.0430. The Kier molecular flexibility index (Phi) is 12.4. The van der Waals surface area contributed by atoms with Gasteiger partial charge in [-0.3, -0.25) is 0 Å². The van der Waals surface area contributed by atoms with Crippen LogP contribution in [0, 0.1) is 35.5 Å². The van der Waals surface area contributed by atoms with E-state index in [1.807, 2.05) is 0 Å². The van der Waals surface area contributed by atoms with Gasteiger partial charge in [-0.2, -0.15) is 0 Å². The van der Waals surface area contributed by atoms with Crippen molar-refractivity contribution in [2.45, 2.75) is 141 Å². The first-order chi connectivity index (χ1) is 18.0. The molecule has 0 heterocycles. The van der Waals surface area contributed by atoms with Gasteiger partial charge in [0, 0.05) is 5.41 Å². The Hall–Kier alpha value is -1.56. The van der Waals surface area contributed by atoms with E-state index in [4.69, 9.17) is 0 Å². The molecule has 2 aromatic rings. The second-order valence-electron chi connectivity index (χ2n) is 15.7. The molecule has 0 atom stereocenters. The summed E-state index contributed by atoms with van der Waals surface area (Å²) in [6, 6.07) is 10.1. The van der Waals surface area contributed by atoms with Crippen molar-refractivity contribution >= 4 is 0 Å². The lowest BCUT2D eigenvalue weighted by atomic mass is 9.69. The van der Waals surface area contributed by atoms with Gasteiger partial charge in [-0.25, -0.2) is 0 Å². The molecule has 0 bridgehead atoms. The van der Waals surface area contributed by atoms with Crippen LogP contribution in [0.1, 0.15) is 141 Å². The molecule has 0 unspecified atom stereocenters. The fourth-order valence-corrected chi connectivity index (χ4v) is 6.67. The molecule has 0 N–H and O–H groups in total. The number of benzene rings is 2. The molecular weight excluding hydrogens is 468 g/mol. The highest BCUT2D eigenvalue weighted by Crippen LogP contribution is 2.42. The number of hydrogen-bond donors (Lipinski definition) is 0. The Morgan fingerprint density at radius 1 is 0.385 bits per heavy atom. The summed E-state index contributed by atoms with van der Waals surface area (Å²) in [5, 5.41) is 0. The predicted octanol–water partition coefficient (Wildman–Crippen LogP) is 11.2. The molecule has 0 nitrogen and oxygen atoms in total. The topological polar surface area (TPSA) is 0 Å². The molecule has 220 valence electrons. The quantitative estimate of drug-likeness (QED) is 0.227. The molecule has 0 aliphatic heterocycles. The standard InChI is InChI=1S/C39H64/c1-25(2)19-31-15-17-37(35(23-29(9)10)33(31)21-27(5)6)39(13,14)38-18-16-32(20-26(3)4)34(22-28(7)8)36(38)24-30(11)12/h15-18,25-30H,19-24H2,1-14H3. The fourth-order valence-electron chi connectivity index (χ4n) is 6.67. The van der Waals surface area contributed by atoms with Crippen LogP contribution in [0.25, 0.3) is 0 Å². The molecule has 0 aliphatic carbocycles. The SMILES string of the molecule is CC(C)Cc1ccc(C(C)(C)c2ccc(CC(C)C)c(CC(C)C)c2CC(C)C)c(CC(C)C)c1CC(C)C. The molecule has 0 spiro atoms. The van der Waals surface area contributed by atoms with Gasteiger partial charge in [0.05, 0.1) is 0 Å². The van der Waals surface area contributed by atoms with Gasteiger partial charge in [0.15, 0.2) is 0 Å². The second-order valence-corrected chi connectivity index (χ2v) is 15.7. The highest BCUT2D eigenvalue weighted by Gasteiger charge is 2.32. The van der Waals surface area contributed by atoms with Gasteiger partial charge in [0.2, 0.25) is 0 Å². The molecule has 0 heteroatoms.